The average Bonchev–Trinajstić information content (AvgIpc) is 3.68. The molecule has 0 spiro atoms. The fraction of sp³-hybridized carbons (Fsp3) is 0.412. The number of hydrogen-bond donors (Lipinski definition) is 2. The first-order chi connectivity index (χ1) is 19.9. The Morgan fingerprint density at radius 3 is 2.33 bits per heavy atom. The first kappa shape index (κ1) is 31.2. The van der Waals surface area contributed by atoms with Crippen LogP contribution in [0, 0.1) is 20.8 Å². The van der Waals surface area contributed by atoms with Crippen LogP contribution in [0.4, 0.5) is 0 Å². The molecule has 8 bridgehead atoms. The van der Waals surface area contributed by atoms with Gasteiger partial charge in [-0.1, -0.05) is 25.0 Å². The second-order valence-corrected chi connectivity index (χ2v) is 12.1. The minimum Gasteiger partial charge on any atom is -0.657 e. The number of aryl methyl sites for hydroxylation is 3. The zero-order chi connectivity index (χ0) is 30.2. The Kier molecular flexibility index (Phi) is 8.22. The van der Waals surface area contributed by atoms with Crippen molar-refractivity contribution in [2.45, 2.75) is 92.1 Å². The van der Waals surface area contributed by atoms with E-state index in [-0.39, 0.29) is 53.5 Å². The molecule has 8 nitrogen and oxygen atoms in total. The molecule has 5 heterocycles. The van der Waals surface area contributed by atoms with E-state index >= 15 is 0 Å². The van der Waals surface area contributed by atoms with Crippen LogP contribution < -0.4 is 19.9 Å². The molecule has 43 heavy (non-hydrogen) atoms. The Bertz CT molecular complexity index is 1900. The number of carboxylic acid groups (broad SMARTS) is 1. The van der Waals surface area contributed by atoms with Gasteiger partial charge < -0.3 is 20.2 Å². The van der Waals surface area contributed by atoms with Crippen molar-refractivity contribution < 1.29 is 29.8 Å². The minimum atomic E-state index is -0.844. The number of aliphatic carboxylic acids is 1. The Morgan fingerprint density at radius 1 is 1.00 bits per heavy atom. The standard InChI is InChI=1S/C34H38N4O4.Mg/c1-8-20-14(2)23-13-26-29(19(7)39)17(5)32(37-26)18(6)31-15(3)21(9-10-28(41)42)33(38-31)22-11-27(40)30-16(4)24(36-34(22)30)12-25(20)35-23;/h12-13,15,19,21,39H,8-11H2,1-7H3,(H3,35,36,37,38,40,41,42);/q;+2/t15-,19?,21-;/m0./s1. The molecule has 3 aliphatic rings. The summed E-state index contributed by atoms with van der Waals surface area (Å²) in [5.74, 6) is -0.936. The quantitative estimate of drug-likeness (QED) is 0.409. The molecule has 2 aliphatic heterocycles. The zero-order valence-electron chi connectivity index (χ0n) is 26.0. The molecule has 218 valence electrons. The number of aromatic amines is 2. The number of carbonyl (C=O) groups is 2. The topological polar surface area (TPSA) is 131 Å². The third-order valence-corrected chi connectivity index (χ3v) is 9.63. The van der Waals surface area contributed by atoms with E-state index in [1.54, 1.807) is 6.92 Å². The molecule has 3 aromatic rings. The first-order valence-corrected chi connectivity index (χ1v) is 14.8. The van der Waals surface area contributed by atoms with E-state index in [2.05, 4.69) is 30.7 Å². The number of allylic oxidation sites excluding steroid dienone is 2. The van der Waals surface area contributed by atoms with Crippen LogP contribution in [0.25, 0.3) is 33.2 Å². The van der Waals surface area contributed by atoms with Crippen LogP contribution in [0.5, 0.6) is 0 Å². The molecule has 0 radical (unpaired) electrons. The number of ketones is 1. The summed E-state index contributed by atoms with van der Waals surface area (Å²) >= 11 is 0. The molecule has 3 aromatic heterocycles. The number of carboxylic acids is 1. The van der Waals surface area contributed by atoms with Crippen LogP contribution in [0.15, 0.2) is 12.1 Å². The summed E-state index contributed by atoms with van der Waals surface area (Å²) in [5, 5.41) is 20.4. The second kappa shape index (κ2) is 11.3. The fourth-order valence-corrected chi connectivity index (χ4v) is 7.42. The number of rotatable bonds is 5. The van der Waals surface area contributed by atoms with Gasteiger partial charge in [0.1, 0.15) is 0 Å². The maximum Gasteiger partial charge on any atom is 2.00 e. The zero-order valence-corrected chi connectivity index (χ0v) is 27.4. The van der Waals surface area contributed by atoms with Gasteiger partial charge in [0, 0.05) is 40.7 Å². The molecule has 0 saturated carbocycles. The van der Waals surface area contributed by atoms with Gasteiger partial charge in [-0.2, -0.15) is 0 Å². The average molecular weight is 591 g/mol. The molecule has 6 rings (SSSR count). The largest absolute Gasteiger partial charge is 2.00 e. The summed E-state index contributed by atoms with van der Waals surface area (Å²) in [6, 6.07) is 4.05. The number of aliphatic hydroxyl groups is 1. The third kappa shape index (κ3) is 4.85. The van der Waals surface area contributed by atoms with Gasteiger partial charge in [-0.25, -0.2) is 9.97 Å². The first-order valence-electron chi connectivity index (χ1n) is 14.8. The molecular weight excluding hydrogens is 553 g/mol. The van der Waals surface area contributed by atoms with Crippen LogP contribution in [0.1, 0.15) is 126 Å². The molecule has 1 aliphatic carbocycles. The van der Waals surface area contributed by atoms with Gasteiger partial charge in [0.2, 0.25) is 11.4 Å². The molecule has 0 saturated heterocycles. The SMILES string of the molecule is CCC1=C(C)c2cc3[n-]c(c(C)c4[nH+]c(c5c6[n-]c(cc1[nH+]2)c(C)c6C(=O)C5)[C@@H](CCC(=O)O)[C@@H]4C)c(C)c3C(C)O.[Mg+2]. The fourth-order valence-electron chi connectivity index (χ4n) is 7.42. The Hall–Kier alpha value is -3.27. The van der Waals surface area contributed by atoms with Crippen molar-refractivity contribution in [1.29, 1.82) is 0 Å². The van der Waals surface area contributed by atoms with E-state index in [1.807, 2.05) is 32.9 Å². The number of nitrogens with one attached hydrogen (secondary N) is 2. The van der Waals surface area contributed by atoms with Crippen molar-refractivity contribution in [2.24, 2.45) is 0 Å². The normalized spacial score (nSPS) is 18.3. The van der Waals surface area contributed by atoms with E-state index in [0.717, 1.165) is 79.1 Å². The molecular formula is C34H38MgN4O4+2. The molecule has 9 heteroatoms. The number of nitrogens with zero attached hydrogens (tertiary/aromatic N) is 2. The van der Waals surface area contributed by atoms with Crippen LogP contribution in [-0.4, -0.2) is 45.0 Å². The molecule has 0 aromatic carbocycles. The number of carbonyl (C=O) groups excluding carboxylic acids is 1. The molecule has 0 amide bonds. The summed E-state index contributed by atoms with van der Waals surface area (Å²) in [7, 11) is 0. The van der Waals surface area contributed by atoms with Gasteiger partial charge in [-0.05, 0) is 65.2 Å². The van der Waals surface area contributed by atoms with Crippen LogP contribution >= 0.6 is 0 Å². The molecule has 0 fully saturated rings. The van der Waals surface area contributed by atoms with Gasteiger partial charge in [0.25, 0.3) is 0 Å². The smallest absolute Gasteiger partial charge is 0.657 e. The van der Waals surface area contributed by atoms with Crippen molar-refractivity contribution in [3.8, 4) is 0 Å². The van der Waals surface area contributed by atoms with E-state index in [0.29, 0.717) is 17.5 Å². The number of hydrogen-bond acceptors (Lipinski definition) is 3. The number of aromatic nitrogens is 4. The second-order valence-electron chi connectivity index (χ2n) is 12.1. The number of fused-ring (bicyclic) bond motifs is 8. The number of H-pyrrole nitrogens is 2. The van der Waals surface area contributed by atoms with Gasteiger partial charge >= 0.3 is 29.0 Å². The van der Waals surface area contributed by atoms with E-state index in [4.69, 9.17) is 9.97 Å². The van der Waals surface area contributed by atoms with E-state index in [9.17, 15) is 19.8 Å². The van der Waals surface area contributed by atoms with Crippen LogP contribution in [0.3, 0.4) is 0 Å². The molecule has 4 N–H and O–H groups in total. The van der Waals surface area contributed by atoms with Crippen molar-refractivity contribution in [3.05, 3.63) is 68.3 Å². The summed E-state index contributed by atoms with van der Waals surface area (Å²) in [6.45, 7) is 14.1. The Balaban J connectivity index is 0.00000368. The van der Waals surface area contributed by atoms with E-state index in [1.165, 1.54) is 5.57 Å². The van der Waals surface area contributed by atoms with Crippen molar-refractivity contribution >= 4 is 68.0 Å². The predicted octanol–water partition coefficient (Wildman–Crippen LogP) is 4.84. The van der Waals surface area contributed by atoms with Gasteiger partial charge in [0.15, 0.2) is 17.2 Å². The molecule has 3 atom stereocenters. The van der Waals surface area contributed by atoms with Crippen LogP contribution in [0.2, 0.25) is 0 Å². The maximum atomic E-state index is 13.4. The number of aliphatic hydroxyl groups excluding tert-OH is 1. The summed E-state index contributed by atoms with van der Waals surface area (Å²) < 4.78 is 0. The van der Waals surface area contributed by atoms with Crippen molar-refractivity contribution in [1.82, 2.24) is 9.97 Å². The van der Waals surface area contributed by atoms with Gasteiger partial charge in [-0.3, -0.25) is 9.59 Å². The minimum absolute atomic E-state index is 0. The number of Topliss-reactive ketones (excluding diaryl/α,β-unsaturated/α-hetero) is 1. The summed E-state index contributed by atoms with van der Waals surface area (Å²) in [6.07, 6.45) is 0.818. The van der Waals surface area contributed by atoms with Crippen LogP contribution in [-0.2, 0) is 11.2 Å². The third-order valence-electron chi connectivity index (χ3n) is 9.63. The predicted molar refractivity (Wildman–Crippen MR) is 166 cm³/mol. The van der Waals surface area contributed by atoms with Gasteiger partial charge in [-0.15, -0.1) is 22.1 Å². The van der Waals surface area contributed by atoms with E-state index < -0.39 is 12.1 Å². The van der Waals surface area contributed by atoms with Crippen molar-refractivity contribution in [3.63, 3.8) is 0 Å². The monoisotopic (exact) mass is 590 g/mol. The van der Waals surface area contributed by atoms with Crippen molar-refractivity contribution in [2.75, 3.05) is 0 Å². The maximum absolute atomic E-state index is 13.4. The Morgan fingerprint density at radius 2 is 1.67 bits per heavy atom. The molecule has 1 unspecified atom stereocenters. The Labute approximate surface area is 267 Å². The summed E-state index contributed by atoms with van der Waals surface area (Å²) in [4.78, 5) is 42.5. The summed E-state index contributed by atoms with van der Waals surface area (Å²) in [5.41, 5.74) is 14.1. The van der Waals surface area contributed by atoms with Gasteiger partial charge in [0.05, 0.1) is 17.9 Å².